The average Bonchev–Trinajstić information content (AvgIpc) is 3.50. The van der Waals surface area contributed by atoms with E-state index in [0.29, 0.717) is 18.8 Å². The molecule has 164 valence electrons. The van der Waals surface area contributed by atoms with Crippen LogP contribution in [0.4, 0.5) is 0 Å². The minimum absolute atomic E-state index is 0.250. The Morgan fingerprint density at radius 1 is 1.07 bits per heavy atom. The molecule has 5 rings (SSSR count). The van der Waals surface area contributed by atoms with Crippen LogP contribution >= 0.6 is 0 Å². The van der Waals surface area contributed by atoms with Gasteiger partial charge in [-0.2, -0.15) is 0 Å². The van der Waals surface area contributed by atoms with Crippen molar-refractivity contribution in [1.29, 1.82) is 0 Å². The minimum Gasteiger partial charge on any atom is -0.463 e. The lowest BCUT2D eigenvalue weighted by Crippen LogP contribution is -2.54. The summed E-state index contributed by atoms with van der Waals surface area (Å²) in [5, 5.41) is 0. The maximum absolute atomic E-state index is 12.1. The largest absolute Gasteiger partial charge is 0.463 e. The van der Waals surface area contributed by atoms with Gasteiger partial charge in [0.25, 0.3) is 0 Å². The lowest BCUT2D eigenvalue weighted by molar-refractivity contribution is -0.151. The van der Waals surface area contributed by atoms with E-state index < -0.39 is 0 Å². The molecule has 0 saturated heterocycles. The molecule has 4 heteroatoms. The quantitative estimate of drug-likeness (QED) is 0.317. The molecule has 0 N–H and O–H groups in total. The molecule has 0 heterocycles. The van der Waals surface area contributed by atoms with Crippen molar-refractivity contribution in [2.24, 2.45) is 46.3 Å². The zero-order valence-electron chi connectivity index (χ0n) is 18.4. The summed E-state index contributed by atoms with van der Waals surface area (Å²) >= 11 is 0. The standard InChI is InChI=1S/C26H36O4/c1-4-22(27)29-12-10-25-15-20(19-6-5-7-21(19)25)23-17-8-9-18(14-17)26(23,25)11-13-30-24(28)16(2)3/h4,17-21,23H,1-2,5-15H2,3H3. The third kappa shape index (κ3) is 2.58. The second kappa shape index (κ2) is 7.24. The van der Waals surface area contributed by atoms with E-state index in [2.05, 4.69) is 13.2 Å². The normalized spacial score (nSPS) is 44.6. The van der Waals surface area contributed by atoms with Crippen molar-refractivity contribution >= 4 is 11.9 Å². The fourth-order valence-electron chi connectivity index (χ4n) is 9.78. The second-order valence-electron chi connectivity index (χ2n) is 10.8. The highest BCUT2D eigenvalue weighted by molar-refractivity contribution is 5.86. The number of rotatable bonds is 8. The van der Waals surface area contributed by atoms with Gasteiger partial charge in [0.05, 0.1) is 13.2 Å². The zero-order valence-corrected chi connectivity index (χ0v) is 18.4. The van der Waals surface area contributed by atoms with Gasteiger partial charge in [0.15, 0.2) is 0 Å². The molecule has 5 saturated carbocycles. The molecule has 5 aliphatic rings. The van der Waals surface area contributed by atoms with Crippen molar-refractivity contribution in [3.8, 4) is 0 Å². The SMILES string of the molecule is C=CC(=O)OCCC12CC(C3CCCC31)C1C3CCC(C3)C12CCOC(=O)C(=C)C. The summed E-state index contributed by atoms with van der Waals surface area (Å²) in [5.41, 5.74) is 0.995. The van der Waals surface area contributed by atoms with Gasteiger partial charge in [0.1, 0.15) is 0 Å². The van der Waals surface area contributed by atoms with Crippen LogP contribution in [0.5, 0.6) is 0 Å². The molecule has 0 aliphatic heterocycles. The molecule has 0 radical (unpaired) electrons. The van der Waals surface area contributed by atoms with Crippen molar-refractivity contribution in [3.05, 3.63) is 24.8 Å². The Labute approximate surface area is 180 Å². The first-order valence-electron chi connectivity index (χ1n) is 12.1. The van der Waals surface area contributed by atoms with Gasteiger partial charge in [-0.05, 0) is 105 Å². The number of fused-ring (bicyclic) bond motifs is 12. The van der Waals surface area contributed by atoms with Crippen molar-refractivity contribution in [1.82, 2.24) is 0 Å². The molecular formula is C26H36O4. The lowest BCUT2D eigenvalue weighted by atomic mass is 9.46. The van der Waals surface area contributed by atoms with Gasteiger partial charge in [0.2, 0.25) is 0 Å². The van der Waals surface area contributed by atoms with E-state index in [4.69, 9.17) is 9.47 Å². The minimum atomic E-state index is -0.309. The third-order valence-electron chi connectivity index (χ3n) is 10.2. The van der Waals surface area contributed by atoms with Gasteiger partial charge in [0, 0.05) is 11.6 Å². The fraction of sp³-hybridized carbons (Fsp3) is 0.769. The highest BCUT2D eigenvalue weighted by Gasteiger charge is 2.79. The molecule has 0 aromatic heterocycles. The van der Waals surface area contributed by atoms with Crippen LogP contribution in [0.2, 0.25) is 0 Å². The molecule has 0 aromatic carbocycles. The van der Waals surface area contributed by atoms with Gasteiger partial charge >= 0.3 is 11.9 Å². The first-order valence-corrected chi connectivity index (χ1v) is 12.1. The summed E-state index contributed by atoms with van der Waals surface area (Å²) in [6.45, 7) is 10.0. The van der Waals surface area contributed by atoms with Crippen molar-refractivity contribution in [3.63, 3.8) is 0 Å². The van der Waals surface area contributed by atoms with Crippen molar-refractivity contribution < 1.29 is 19.1 Å². The molecule has 0 aromatic rings. The molecule has 0 spiro atoms. The molecule has 8 unspecified atom stereocenters. The maximum atomic E-state index is 12.1. The first kappa shape index (κ1) is 20.3. The Bertz CT molecular complexity index is 771. The van der Waals surface area contributed by atoms with E-state index in [-0.39, 0.29) is 22.8 Å². The summed E-state index contributed by atoms with van der Waals surface area (Å²) < 4.78 is 11.2. The van der Waals surface area contributed by atoms with Crippen LogP contribution in [-0.4, -0.2) is 25.2 Å². The van der Waals surface area contributed by atoms with Crippen LogP contribution in [0.25, 0.3) is 0 Å². The number of hydrogen-bond acceptors (Lipinski definition) is 4. The Hall–Kier alpha value is -1.58. The molecule has 4 bridgehead atoms. The maximum Gasteiger partial charge on any atom is 0.333 e. The molecule has 8 atom stereocenters. The van der Waals surface area contributed by atoms with Crippen LogP contribution < -0.4 is 0 Å². The summed E-state index contributed by atoms with van der Waals surface area (Å²) in [6, 6.07) is 0. The summed E-state index contributed by atoms with van der Waals surface area (Å²) in [4.78, 5) is 23.8. The monoisotopic (exact) mass is 412 g/mol. The van der Waals surface area contributed by atoms with Crippen LogP contribution in [0.3, 0.4) is 0 Å². The van der Waals surface area contributed by atoms with E-state index in [0.717, 1.165) is 48.3 Å². The number of carbonyl (C=O) groups is 2. The molecule has 30 heavy (non-hydrogen) atoms. The van der Waals surface area contributed by atoms with Crippen LogP contribution in [-0.2, 0) is 19.1 Å². The van der Waals surface area contributed by atoms with Crippen molar-refractivity contribution in [2.75, 3.05) is 13.2 Å². The predicted octanol–water partition coefficient (Wildman–Crippen LogP) is 5.08. The van der Waals surface area contributed by atoms with Crippen LogP contribution in [0.15, 0.2) is 24.8 Å². The Morgan fingerprint density at radius 2 is 1.87 bits per heavy atom. The summed E-state index contributed by atoms with van der Waals surface area (Å²) in [6.07, 6.45) is 12.7. The number of esters is 2. The third-order valence-corrected chi connectivity index (χ3v) is 10.2. The summed E-state index contributed by atoms with van der Waals surface area (Å²) in [7, 11) is 0. The van der Waals surface area contributed by atoms with Gasteiger partial charge < -0.3 is 9.47 Å². The van der Waals surface area contributed by atoms with E-state index in [1.807, 2.05) is 0 Å². The smallest absolute Gasteiger partial charge is 0.333 e. The van der Waals surface area contributed by atoms with Gasteiger partial charge in [-0.1, -0.05) is 19.6 Å². The lowest BCUT2D eigenvalue weighted by Gasteiger charge is -2.58. The van der Waals surface area contributed by atoms with Gasteiger partial charge in [-0.3, -0.25) is 0 Å². The van der Waals surface area contributed by atoms with Gasteiger partial charge in [-0.15, -0.1) is 0 Å². The van der Waals surface area contributed by atoms with Gasteiger partial charge in [-0.25, -0.2) is 9.59 Å². The number of ether oxygens (including phenoxy) is 2. The second-order valence-corrected chi connectivity index (χ2v) is 10.8. The highest BCUT2D eigenvalue weighted by atomic mass is 16.5. The van der Waals surface area contributed by atoms with E-state index >= 15 is 0 Å². The molecule has 5 aliphatic carbocycles. The van der Waals surface area contributed by atoms with Crippen LogP contribution in [0, 0.1) is 46.3 Å². The zero-order chi connectivity index (χ0) is 21.1. The summed E-state index contributed by atoms with van der Waals surface area (Å²) in [5.74, 6) is 4.29. The Balaban J connectivity index is 1.46. The van der Waals surface area contributed by atoms with Crippen LogP contribution in [0.1, 0.15) is 64.7 Å². The number of carbonyl (C=O) groups excluding carboxylic acids is 2. The van der Waals surface area contributed by atoms with E-state index in [9.17, 15) is 9.59 Å². The molecule has 4 nitrogen and oxygen atoms in total. The van der Waals surface area contributed by atoms with E-state index in [1.54, 1.807) is 6.92 Å². The fourth-order valence-corrected chi connectivity index (χ4v) is 9.78. The first-order chi connectivity index (χ1) is 14.4. The molecule has 5 fully saturated rings. The van der Waals surface area contributed by atoms with E-state index in [1.165, 1.54) is 51.0 Å². The Morgan fingerprint density at radius 3 is 2.63 bits per heavy atom. The van der Waals surface area contributed by atoms with Crippen molar-refractivity contribution in [2.45, 2.75) is 64.7 Å². The average molecular weight is 413 g/mol. The topological polar surface area (TPSA) is 52.6 Å². The Kier molecular flexibility index (Phi) is 4.91. The highest BCUT2D eigenvalue weighted by Crippen LogP contribution is 2.85. The molecular weight excluding hydrogens is 376 g/mol. The molecule has 0 amide bonds. The number of hydrogen-bond donors (Lipinski definition) is 0. The predicted molar refractivity (Wildman–Crippen MR) is 114 cm³/mol.